The first kappa shape index (κ1) is 21.9. The molecule has 146 valence electrons. The summed E-state index contributed by atoms with van der Waals surface area (Å²) in [6.07, 6.45) is 0. The third kappa shape index (κ3) is 7.71. The van der Waals surface area contributed by atoms with E-state index in [0.29, 0.717) is 26.2 Å². The van der Waals surface area contributed by atoms with Crippen molar-refractivity contribution < 1.29 is 9.59 Å². The molecule has 7 nitrogen and oxygen atoms in total. The average molecular weight is 356 g/mol. The van der Waals surface area contributed by atoms with E-state index >= 15 is 0 Å². The highest BCUT2D eigenvalue weighted by Crippen LogP contribution is 2.00. The van der Waals surface area contributed by atoms with Crippen LogP contribution in [0.1, 0.15) is 20.8 Å². The lowest BCUT2D eigenvalue weighted by molar-refractivity contribution is -0.134. The van der Waals surface area contributed by atoms with Crippen molar-refractivity contribution in [2.45, 2.75) is 20.8 Å². The van der Waals surface area contributed by atoms with Gasteiger partial charge in [-0.1, -0.05) is 20.8 Å². The molecule has 0 aromatic heterocycles. The number of carbonyl (C=O) groups excluding carboxylic acids is 2. The topological polar surface area (TPSA) is 50.3 Å². The molecule has 1 saturated heterocycles. The van der Waals surface area contributed by atoms with Crippen molar-refractivity contribution in [2.24, 2.45) is 0 Å². The Morgan fingerprint density at radius 2 is 0.920 bits per heavy atom. The SMILES string of the molecule is CCN1CCN(CC)CC(=O)N(C)CCN(C)C(=O)CN(CC)CC1. The van der Waals surface area contributed by atoms with Crippen LogP contribution in [0, 0.1) is 0 Å². The van der Waals surface area contributed by atoms with Gasteiger partial charge < -0.3 is 14.7 Å². The van der Waals surface area contributed by atoms with Gasteiger partial charge >= 0.3 is 0 Å². The van der Waals surface area contributed by atoms with Crippen LogP contribution in [0.2, 0.25) is 0 Å². The van der Waals surface area contributed by atoms with Crippen molar-refractivity contribution >= 4 is 11.8 Å². The summed E-state index contributed by atoms with van der Waals surface area (Å²) >= 11 is 0. The van der Waals surface area contributed by atoms with Gasteiger partial charge in [-0.05, 0) is 19.6 Å². The summed E-state index contributed by atoms with van der Waals surface area (Å²) in [5.41, 5.74) is 0. The van der Waals surface area contributed by atoms with Crippen LogP contribution in [-0.2, 0) is 9.59 Å². The van der Waals surface area contributed by atoms with Gasteiger partial charge in [0, 0.05) is 53.4 Å². The van der Waals surface area contributed by atoms with Gasteiger partial charge in [-0.25, -0.2) is 0 Å². The molecule has 0 aromatic carbocycles. The Hall–Kier alpha value is -1.18. The molecule has 0 N–H and O–H groups in total. The fourth-order valence-electron chi connectivity index (χ4n) is 2.87. The van der Waals surface area contributed by atoms with E-state index in [1.807, 2.05) is 14.1 Å². The summed E-state index contributed by atoms with van der Waals surface area (Å²) < 4.78 is 0. The predicted molar refractivity (Wildman–Crippen MR) is 102 cm³/mol. The van der Waals surface area contributed by atoms with E-state index in [2.05, 4.69) is 35.5 Å². The summed E-state index contributed by atoms with van der Waals surface area (Å²) in [5, 5.41) is 0. The zero-order valence-electron chi connectivity index (χ0n) is 16.8. The molecule has 25 heavy (non-hydrogen) atoms. The van der Waals surface area contributed by atoms with Crippen LogP contribution in [-0.4, -0.2) is 122 Å². The maximum atomic E-state index is 12.4. The van der Waals surface area contributed by atoms with Crippen LogP contribution in [0.5, 0.6) is 0 Å². The van der Waals surface area contributed by atoms with E-state index in [0.717, 1.165) is 45.8 Å². The Morgan fingerprint density at radius 1 is 0.600 bits per heavy atom. The summed E-state index contributed by atoms with van der Waals surface area (Å²) in [6, 6.07) is 0. The van der Waals surface area contributed by atoms with E-state index in [1.54, 1.807) is 9.80 Å². The molecule has 0 spiro atoms. The van der Waals surface area contributed by atoms with E-state index in [1.165, 1.54) is 0 Å². The van der Waals surface area contributed by atoms with Crippen LogP contribution in [0.15, 0.2) is 0 Å². The zero-order chi connectivity index (χ0) is 18.8. The highest BCUT2D eigenvalue weighted by atomic mass is 16.2. The zero-order valence-corrected chi connectivity index (χ0v) is 16.8. The Balaban J connectivity index is 2.83. The second-order valence-corrected chi connectivity index (χ2v) is 6.80. The molecular weight excluding hydrogens is 318 g/mol. The molecule has 0 bridgehead atoms. The number of likely N-dealkylation sites (N-methyl/N-ethyl adjacent to an activating group) is 5. The van der Waals surface area contributed by atoms with Gasteiger partial charge in [-0.2, -0.15) is 0 Å². The second-order valence-electron chi connectivity index (χ2n) is 6.80. The first-order valence-electron chi connectivity index (χ1n) is 9.56. The molecule has 7 heteroatoms. The van der Waals surface area contributed by atoms with Crippen molar-refractivity contribution in [3.05, 3.63) is 0 Å². The Kier molecular flexibility index (Phi) is 10.0. The predicted octanol–water partition coefficient (Wildman–Crippen LogP) is -0.117. The Labute approximate surface area is 153 Å². The van der Waals surface area contributed by atoms with Crippen LogP contribution in [0.4, 0.5) is 0 Å². The molecule has 1 rings (SSSR count). The monoisotopic (exact) mass is 355 g/mol. The highest BCUT2D eigenvalue weighted by molar-refractivity contribution is 5.79. The van der Waals surface area contributed by atoms with E-state index in [4.69, 9.17) is 0 Å². The smallest absolute Gasteiger partial charge is 0.236 e. The average Bonchev–Trinajstić information content (AvgIpc) is 2.62. The van der Waals surface area contributed by atoms with Crippen LogP contribution in [0.3, 0.4) is 0 Å². The standard InChI is InChI=1S/C18H37N5O2/c1-6-21-11-13-22(7-2)15-17(24)19(4)9-10-20(5)18(25)16-23(8-3)14-12-21/h6-16H2,1-5H3. The number of hydrogen-bond acceptors (Lipinski definition) is 5. The molecule has 1 fully saturated rings. The first-order valence-corrected chi connectivity index (χ1v) is 9.56. The molecule has 0 saturated carbocycles. The molecule has 0 aromatic rings. The van der Waals surface area contributed by atoms with Crippen molar-refractivity contribution in [3.63, 3.8) is 0 Å². The van der Waals surface area contributed by atoms with Crippen LogP contribution >= 0.6 is 0 Å². The van der Waals surface area contributed by atoms with Crippen molar-refractivity contribution in [3.8, 4) is 0 Å². The van der Waals surface area contributed by atoms with Crippen molar-refractivity contribution in [2.75, 3.05) is 86.1 Å². The number of carbonyl (C=O) groups is 2. The van der Waals surface area contributed by atoms with Gasteiger partial charge in [-0.15, -0.1) is 0 Å². The maximum Gasteiger partial charge on any atom is 0.236 e. The number of nitrogens with zero attached hydrogens (tertiary/aromatic N) is 5. The lowest BCUT2D eigenvalue weighted by atomic mass is 10.3. The molecule has 0 unspecified atom stereocenters. The van der Waals surface area contributed by atoms with Gasteiger partial charge in [0.15, 0.2) is 0 Å². The molecule has 0 atom stereocenters. The minimum atomic E-state index is 0.121. The molecule has 1 aliphatic heterocycles. The van der Waals surface area contributed by atoms with Crippen LogP contribution < -0.4 is 0 Å². The van der Waals surface area contributed by atoms with E-state index < -0.39 is 0 Å². The van der Waals surface area contributed by atoms with E-state index in [-0.39, 0.29) is 11.8 Å². The maximum absolute atomic E-state index is 12.4. The van der Waals surface area contributed by atoms with Gasteiger partial charge in [0.25, 0.3) is 0 Å². The molecule has 0 radical (unpaired) electrons. The number of hydrogen-bond donors (Lipinski definition) is 0. The third-order valence-corrected chi connectivity index (χ3v) is 5.15. The summed E-state index contributed by atoms with van der Waals surface area (Å²) in [6.45, 7) is 14.8. The summed E-state index contributed by atoms with van der Waals surface area (Å²) in [4.78, 5) is 35.1. The lowest BCUT2D eigenvalue weighted by Crippen LogP contribution is -2.44. The van der Waals surface area contributed by atoms with Crippen LogP contribution in [0.25, 0.3) is 0 Å². The molecule has 1 aliphatic rings. The quantitative estimate of drug-likeness (QED) is 0.707. The second kappa shape index (κ2) is 11.4. The minimum Gasteiger partial charge on any atom is -0.343 e. The van der Waals surface area contributed by atoms with Gasteiger partial charge in [0.1, 0.15) is 0 Å². The normalized spacial score (nSPS) is 22.1. The van der Waals surface area contributed by atoms with Crippen molar-refractivity contribution in [1.82, 2.24) is 24.5 Å². The minimum absolute atomic E-state index is 0.121. The Morgan fingerprint density at radius 3 is 1.24 bits per heavy atom. The molecule has 0 aliphatic carbocycles. The van der Waals surface area contributed by atoms with Gasteiger partial charge in [-0.3, -0.25) is 19.4 Å². The molecule has 1 heterocycles. The Bertz CT molecular complexity index is 382. The third-order valence-electron chi connectivity index (χ3n) is 5.15. The summed E-state index contributed by atoms with van der Waals surface area (Å²) in [7, 11) is 3.65. The van der Waals surface area contributed by atoms with E-state index in [9.17, 15) is 9.59 Å². The van der Waals surface area contributed by atoms with Gasteiger partial charge in [0.05, 0.1) is 13.1 Å². The molecule has 2 amide bonds. The largest absolute Gasteiger partial charge is 0.343 e. The lowest BCUT2D eigenvalue weighted by Gasteiger charge is -2.28. The fraction of sp³-hybridized carbons (Fsp3) is 0.889. The fourth-order valence-corrected chi connectivity index (χ4v) is 2.87. The van der Waals surface area contributed by atoms with Crippen molar-refractivity contribution in [1.29, 1.82) is 0 Å². The summed E-state index contributed by atoms with van der Waals surface area (Å²) in [5.74, 6) is 0.242. The first-order chi connectivity index (χ1) is 11.9. The highest BCUT2D eigenvalue weighted by Gasteiger charge is 2.18. The van der Waals surface area contributed by atoms with Gasteiger partial charge in [0.2, 0.25) is 11.8 Å². The number of rotatable bonds is 3. The number of amides is 2. The molecular formula is C18H37N5O2.